The molecular formula is C15H24N2O. The summed E-state index contributed by atoms with van der Waals surface area (Å²) in [5, 5.41) is 16.4. The fourth-order valence-corrected chi connectivity index (χ4v) is 2.53. The number of hydrogen-bond acceptors (Lipinski definition) is 3. The standard InChI is InChI=1S/C15H24N2O/c18-12-15(9-13-5-2-1-3-6-13)17-11-14-7-4-8-16-10-14/h1-3,5-6,14-18H,4,7-12H2. The summed E-state index contributed by atoms with van der Waals surface area (Å²) < 4.78 is 0. The van der Waals surface area contributed by atoms with Gasteiger partial charge in [0.1, 0.15) is 0 Å². The van der Waals surface area contributed by atoms with Crippen molar-refractivity contribution >= 4 is 0 Å². The van der Waals surface area contributed by atoms with Crippen molar-refractivity contribution in [2.45, 2.75) is 25.3 Å². The van der Waals surface area contributed by atoms with Crippen molar-refractivity contribution < 1.29 is 5.11 Å². The highest BCUT2D eigenvalue weighted by atomic mass is 16.3. The third kappa shape index (κ3) is 4.41. The average Bonchev–Trinajstić information content (AvgIpc) is 2.45. The van der Waals surface area contributed by atoms with Crippen molar-refractivity contribution in [3.05, 3.63) is 35.9 Å². The Labute approximate surface area is 110 Å². The first-order valence-corrected chi connectivity index (χ1v) is 6.97. The van der Waals surface area contributed by atoms with Gasteiger partial charge in [-0.05, 0) is 50.4 Å². The van der Waals surface area contributed by atoms with Gasteiger partial charge in [-0.15, -0.1) is 0 Å². The van der Waals surface area contributed by atoms with Crippen LogP contribution in [0.4, 0.5) is 0 Å². The van der Waals surface area contributed by atoms with E-state index in [1.54, 1.807) is 0 Å². The number of nitrogens with one attached hydrogen (secondary N) is 2. The summed E-state index contributed by atoms with van der Waals surface area (Å²) in [4.78, 5) is 0. The smallest absolute Gasteiger partial charge is 0.0587 e. The number of rotatable bonds is 6. The molecule has 1 aromatic rings. The minimum Gasteiger partial charge on any atom is -0.395 e. The van der Waals surface area contributed by atoms with Crippen LogP contribution in [0, 0.1) is 5.92 Å². The van der Waals surface area contributed by atoms with E-state index in [0.717, 1.165) is 26.1 Å². The fourth-order valence-electron chi connectivity index (χ4n) is 2.53. The van der Waals surface area contributed by atoms with Crippen molar-refractivity contribution in [2.75, 3.05) is 26.2 Å². The summed E-state index contributed by atoms with van der Waals surface area (Å²) in [7, 11) is 0. The molecule has 1 heterocycles. The van der Waals surface area contributed by atoms with Crippen LogP contribution in [0.3, 0.4) is 0 Å². The van der Waals surface area contributed by atoms with Crippen LogP contribution < -0.4 is 10.6 Å². The van der Waals surface area contributed by atoms with Gasteiger partial charge < -0.3 is 15.7 Å². The Morgan fingerprint density at radius 3 is 2.83 bits per heavy atom. The Morgan fingerprint density at radius 1 is 1.33 bits per heavy atom. The maximum absolute atomic E-state index is 9.44. The first-order chi connectivity index (χ1) is 8.88. The monoisotopic (exact) mass is 248 g/mol. The average molecular weight is 248 g/mol. The van der Waals surface area contributed by atoms with Crippen LogP contribution in [0.5, 0.6) is 0 Å². The number of piperidine rings is 1. The van der Waals surface area contributed by atoms with Crippen molar-refractivity contribution in [2.24, 2.45) is 5.92 Å². The van der Waals surface area contributed by atoms with Gasteiger partial charge in [-0.25, -0.2) is 0 Å². The Kier molecular flexibility index (Phi) is 5.65. The summed E-state index contributed by atoms with van der Waals surface area (Å²) in [6.07, 6.45) is 3.47. The third-order valence-electron chi connectivity index (χ3n) is 3.64. The van der Waals surface area contributed by atoms with E-state index in [9.17, 15) is 5.11 Å². The molecule has 18 heavy (non-hydrogen) atoms. The SMILES string of the molecule is OCC(Cc1ccccc1)NCC1CCCNC1. The molecule has 2 rings (SSSR count). The Bertz CT molecular complexity index is 323. The number of benzene rings is 1. The highest BCUT2D eigenvalue weighted by molar-refractivity contribution is 5.15. The molecule has 100 valence electrons. The Morgan fingerprint density at radius 2 is 2.17 bits per heavy atom. The van der Waals surface area contributed by atoms with E-state index in [1.807, 2.05) is 6.07 Å². The largest absolute Gasteiger partial charge is 0.395 e. The lowest BCUT2D eigenvalue weighted by atomic mass is 9.98. The van der Waals surface area contributed by atoms with E-state index in [0.29, 0.717) is 5.92 Å². The minimum atomic E-state index is 0.175. The lowest BCUT2D eigenvalue weighted by Crippen LogP contribution is -2.42. The molecule has 0 saturated carbocycles. The Balaban J connectivity index is 1.75. The molecule has 1 aliphatic rings. The topological polar surface area (TPSA) is 44.3 Å². The zero-order valence-corrected chi connectivity index (χ0v) is 10.9. The van der Waals surface area contributed by atoms with Crippen LogP contribution in [-0.2, 0) is 6.42 Å². The second kappa shape index (κ2) is 7.52. The number of aliphatic hydroxyl groups excluding tert-OH is 1. The minimum absolute atomic E-state index is 0.175. The predicted molar refractivity (Wildman–Crippen MR) is 74.6 cm³/mol. The fraction of sp³-hybridized carbons (Fsp3) is 0.600. The van der Waals surface area contributed by atoms with Crippen molar-refractivity contribution in [1.82, 2.24) is 10.6 Å². The van der Waals surface area contributed by atoms with Gasteiger partial charge in [0.2, 0.25) is 0 Å². The summed E-state index contributed by atoms with van der Waals surface area (Å²) in [6, 6.07) is 10.5. The number of aliphatic hydroxyl groups is 1. The molecule has 0 bridgehead atoms. The van der Waals surface area contributed by atoms with Crippen LogP contribution in [0.15, 0.2) is 30.3 Å². The maximum Gasteiger partial charge on any atom is 0.0587 e. The van der Waals surface area contributed by atoms with Crippen molar-refractivity contribution in [3.63, 3.8) is 0 Å². The summed E-state index contributed by atoms with van der Waals surface area (Å²) in [6.45, 7) is 3.47. The molecule has 1 aliphatic heterocycles. The molecule has 0 aliphatic carbocycles. The van der Waals surface area contributed by atoms with Gasteiger partial charge in [0, 0.05) is 6.04 Å². The van der Waals surface area contributed by atoms with E-state index in [2.05, 4.69) is 34.9 Å². The second-order valence-electron chi connectivity index (χ2n) is 5.19. The zero-order chi connectivity index (χ0) is 12.6. The Hall–Kier alpha value is -0.900. The third-order valence-corrected chi connectivity index (χ3v) is 3.64. The van der Waals surface area contributed by atoms with Crippen LogP contribution >= 0.6 is 0 Å². The van der Waals surface area contributed by atoms with E-state index in [1.165, 1.54) is 18.4 Å². The molecule has 0 aromatic heterocycles. The lowest BCUT2D eigenvalue weighted by Gasteiger charge is -2.25. The molecule has 0 spiro atoms. The zero-order valence-electron chi connectivity index (χ0n) is 10.9. The van der Waals surface area contributed by atoms with Crippen LogP contribution in [0.1, 0.15) is 18.4 Å². The molecule has 3 heteroatoms. The molecule has 2 atom stereocenters. The highest BCUT2D eigenvalue weighted by Gasteiger charge is 2.15. The van der Waals surface area contributed by atoms with E-state index >= 15 is 0 Å². The van der Waals surface area contributed by atoms with E-state index in [-0.39, 0.29) is 12.6 Å². The normalized spacial score (nSPS) is 21.7. The second-order valence-corrected chi connectivity index (χ2v) is 5.19. The van der Waals surface area contributed by atoms with E-state index < -0.39 is 0 Å². The summed E-state index contributed by atoms with van der Waals surface area (Å²) >= 11 is 0. The van der Waals surface area contributed by atoms with Crippen molar-refractivity contribution in [3.8, 4) is 0 Å². The molecule has 0 radical (unpaired) electrons. The summed E-state index contributed by atoms with van der Waals surface area (Å²) in [5.74, 6) is 0.712. The van der Waals surface area contributed by atoms with Crippen LogP contribution in [0.25, 0.3) is 0 Å². The quantitative estimate of drug-likeness (QED) is 0.708. The molecular weight excluding hydrogens is 224 g/mol. The lowest BCUT2D eigenvalue weighted by molar-refractivity contribution is 0.231. The first kappa shape index (κ1) is 13.5. The molecule has 3 nitrogen and oxygen atoms in total. The van der Waals surface area contributed by atoms with Crippen molar-refractivity contribution in [1.29, 1.82) is 0 Å². The van der Waals surface area contributed by atoms with Gasteiger partial charge in [-0.1, -0.05) is 30.3 Å². The molecule has 1 saturated heterocycles. The molecule has 2 unspecified atom stereocenters. The number of hydrogen-bond donors (Lipinski definition) is 3. The van der Waals surface area contributed by atoms with Gasteiger partial charge in [0.15, 0.2) is 0 Å². The van der Waals surface area contributed by atoms with Gasteiger partial charge in [0.25, 0.3) is 0 Å². The maximum atomic E-state index is 9.44. The molecule has 1 aromatic carbocycles. The molecule has 3 N–H and O–H groups in total. The van der Waals surface area contributed by atoms with E-state index in [4.69, 9.17) is 0 Å². The first-order valence-electron chi connectivity index (χ1n) is 6.97. The highest BCUT2D eigenvalue weighted by Crippen LogP contribution is 2.09. The molecule has 1 fully saturated rings. The van der Waals surface area contributed by atoms with Gasteiger partial charge in [-0.2, -0.15) is 0 Å². The van der Waals surface area contributed by atoms with Crippen LogP contribution in [-0.4, -0.2) is 37.4 Å². The predicted octanol–water partition coefficient (Wildman–Crippen LogP) is 1.18. The van der Waals surface area contributed by atoms with Crippen LogP contribution in [0.2, 0.25) is 0 Å². The molecule has 0 amide bonds. The van der Waals surface area contributed by atoms with Gasteiger partial charge in [-0.3, -0.25) is 0 Å². The van der Waals surface area contributed by atoms with Gasteiger partial charge in [0.05, 0.1) is 6.61 Å². The summed E-state index contributed by atoms with van der Waals surface area (Å²) in [5.41, 5.74) is 1.28. The van der Waals surface area contributed by atoms with Gasteiger partial charge >= 0.3 is 0 Å².